The Morgan fingerprint density at radius 2 is 2.06 bits per heavy atom. The number of amides is 2. The molecule has 7 nitrogen and oxygen atoms in total. The Kier molecular flexibility index (Phi) is 9.36. The summed E-state index contributed by atoms with van der Waals surface area (Å²) in [5, 5.41) is 2.56. The molecule has 8 heteroatoms. The molecule has 1 aromatic carbocycles. The van der Waals surface area contributed by atoms with Gasteiger partial charge in [0, 0.05) is 43.6 Å². The largest absolute Gasteiger partial charge is 0.379 e. The minimum atomic E-state index is -0.574. The highest BCUT2D eigenvalue weighted by Crippen LogP contribution is 2.34. The summed E-state index contributed by atoms with van der Waals surface area (Å²) >= 11 is 1.79. The number of aldehydes is 1. The molecule has 2 heterocycles. The molecule has 31 heavy (non-hydrogen) atoms. The first-order valence-electron chi connectivity index (χ1n) is 11.2. The van der Waals surface area contributed by atoms with Gasteiger partial charge in [-0.2, -0.15) is 0 Å². The van der Waals surface area contributed by atoms with Gasteiger partial charge in [-0.05, 0) is 49.3 Å². The number of fused-ring (bicyclic) bond motifs is 1. The van der Waals surface area contributed by atoms with Crippen LogP contribution in [0.25, 0.3) is 0 Å². The third-order valence-corrected chi connectivity index (χ3v) is 7.12. The molecule has 170 valence electrons. The van der Waals surface area contributed by atoms with E-state index in [4.69, 9.17) is 4.74 Å². The van der Waals surface area contributed by atoms with Gasteiger partial charge >= 0.3 is 0 Å². The van der Waals surface area contributed by atoms with Crippen LogP contribution in [0.1, 0.15) is 48.0 Å². The summed E-state index contributed by atoms with van der Waals surface area (Å²) in [6.07, 6.45) is 4.89. The topological polar surface area (TPSA) is 79.0 Å². The molecule has 1 N–H and O–H groups in total. The average Bonchev–Trinajstić information content (AvgIpc) is 3.14. The summed E-state index contributed by atoms with van der Waals surface area (Å²) in [6, 6.07) is 5.25. The number of morpholine rings is 1. The van der Waals surface area contributed by atoms with Gasteiger partial charge in [-0.1, -0.05) is 12.5 Å². The lowest BCUT2D eigenvalue weighted by atomic mass is 10.1. The molecule has 2 aliphatic heterocycles. The lowest BCUT2D eigenvalue weighted by Crippen LogP contribution is -2.37. The molecular weight excluding hydrogens is 414 g/mol. The third-order valence-electron chi connectivity index (χ3n) is 5.94. The quantitative estimate of drug-likeness (QED) is 0.301. The van der Waals surface area contributed by atoms with Crippen molar-refractivity contribution in [3.63, 3.8) is 0 Å². The van der Waals surface area contributed by atoms with Gasteiger partial charge in [-0.15, -0.1) is 11.8 Å². The van der Waals surface area contributed by atoms with E-state index >= 15 is 0 Å². The highest BCUT2D eigenvalue weighted by Gasteiger charge is 2.34. The van der Waals surface area contributed by atoms with E-state index in [-0.39, 0.29) is 18.2 Å². The van der Waals surface area contributed by atoms with Gasteiger partial charge in [0.1, 0.15) is 6.29 Å². The molecule has 1 aromatic rings. The van der Waals surface area contributed by atoms with Crippen molar-refractivity contribution in [1.82, 2.24) is 15.1 Å². The van der Waals surface area contributed by atoms with Crippen LogP contribution in [0.4, 0.5) is 0 Å². The molecule has 2 amide bonds. The van der Waals surface area contributed by atoms with E-state index in [1.807, 2.05) is 12.1 Å². The number of unbranched alkanes of at least 4 members (excludes halogenated alkanes) is 2. The van der Waals surface area contributed by atoms with Crippen molar-refractivity contribution in [2.24, 2.45) is 0 Å². The van der Waals surface area contributed by atoms with Crippen LogP contribution in [0, 0.1) is 0 Å². The second-order valence-corrected chi connectivity index (χ2v) is 9.13. The van der Waals surface area contributed by atoms with Crippen LogP contribution in [-0.4, -0.2) is 79.6 Å². The van der Waals surface area contributed by atoms with Crippen LogP contribution in [0.15, 0.2) is 23.1 Å². The number of hydrogen-bond donors (Lipinski definition) is 1. The number of carbonyl (C=O) groups is 3. The van der Waals surface area contributed by atoms with E-state index in [0.29, 0.717) is 18.5 Å². The van der Waals surface area contributed by atoms with E-state index in [1.165, 1.54) is 12.8 Å². The molecule has 2 aliphatic rings. The normalized spacial score (nSPS) is 17.5. The maximum absolute atomic E-state index is 12.9. The molecule has 0 aromatic heterocycles. The van der Waals surface area contributed by atoms with Crippen LogP contribution < -0.4 is 5.32 Å². The first kappa shape index (κ1) is 23.8. The summed E-state index contributed by atoms with van der Waals surface area (Å²) in [7, 11) is 1.57. The number of hydrogen-bond acceptors (Lipinski definition) is 6. The lowest BCUT2D eigenvalue weighted by Gasteiger charge is -2.26. The first-order chi connectivity index (χ1) is 15.1. The molecule has 0 radical (unpaired) electrons. The van der Waals surface area contributed by atoms with E-state index in [2.05, 4.69) is 16.3 Å². The molecule has 3 rings (SSSR count). The van der Waals surface area contributed by atoms with E-state index < -0.39 is 6.04 Å². The number of carbonyl (C=O) groups excluding carboxylic acids is 3. The molecule has 1 atom stereocenters. The van der Waals surface area contributed by atoms with Gasteiger partial charge in [-0.3, -0.25) is 14.5 Å². The summed E-state index contributed by atoms with van der Waals surface area (Å²) in [5.74, 6) is 0.777. The van der Waals surface area contributed by atoms with Crippen LogP contribution in [0.2, 0.25) is 0 Å². The lowest BCUT2D eigenvalue weighted by molar-refractivity contribution is -0.121. The number of rotatable bonds is 12. The average molecular weight is 448 g/mol. The highest BCUT2D eigenvalue weighted by molar-refractivity contribution is 7.99. The Morgan fingerprint density at radius 1 is 1.26 bits per heavy atom. The Balaban J connectivity index is 1.47. The van der Waals surface area contributed by atoms with Gasteiger partial charge in [0.05, 0.1) is 19.3 Å². The van der Waals surface area contributed by atoms with Crippen molar-refractivity contribution in [1.29, 1.82) is 0 Å². The molecule has 0 spiro atoms. The SMILES string of the molecule is CNC(=O)CCC(C=O)N1Cc2c(SCCCCCN3CCOCC3)cccc2C1=O. The fraction of sp³-hybridized carbons (Fsp3) is 0.609. The van der Waals surface area contributed by atoms with Gasteiger partial charge < -0.3 is 19.7 Å². The maximum Gasteiger partial charge on any atom is 0.255 e. The van der Waals surface area contributed by atoms with Crippen molar-refractivity contribution < 1.29 is 19.1 Å². The maximum atomic E-state index is 12.9. The summed E-state index contributed by atoms with van der Waals surface area (Å²) in [4.78, 5) is 41.2. The Bertz CT molecular complexity index is 767. The third kappa shape index (κ3) is 6.54. The zero-order valence-corrected chi connectivity index (χ0v) is 19.1. The molecule has 0 bridgehead atoms. The fourth-order valence-electron chi connectivity index (χ4n) is 4.05. The van der Waals surface area contributed by atoms with Crippen molar-refractivity contribution in [3.05, 3.63) is 29.3 Å². The molecule has 1 fully saturated rings. The van der Waals surface area contributed by atoms with Crippen LogP contribution >= 0.6 is 11.8 Å². The Hall–Kier alpha value is -1.90. The number of thioether (sulfide) groups is 1. The summed E-state index contributed by atoms with van der Waals surface area (Å²) in [5.41, 5.74) is 1.70. The Morgan fingerprint density at radius 3 is 2.81 bits per heavy atom. The van der Waals surface area contributed by atoms with Gasteiger partial charge in [0.15, 0.2) is 0 Å². The van der Waals surface area contributed by atoms with Crippen molar-refractivity contribution in [2.45, 2.75) is 49.6 Å². The predicted molar refractivity (Wildman–Crippen MR) is 121 cm³/mol. The molecule has 1 unspecified atom stereocenters. The summed E-state index contributed by atoms with van der Waals surface area (Å²) in [6.45, 7) is 5.36. The zero-order valence-electron chi connectivity index (χ0n) is 18.3. The van der Waals surface area contributed by atoms with E-state index in [9.17, 15) is 14.4 Å². The monoisotopic (exact) mass is 447 g/mol. The standard InChI is InChI=1S/C23H33N3O4S/c1-24-22(28)9-8-18(17-27)26-16-20-19(23(26)29)6-5-7-21(20)31-15-4-2-3-10-25-11-13-30-14-12-25/h5-7,17-18H,2-4,8-16H2,1H3,(H,24,28). The smallest absolute Gasteiger partial charge is 0.255 e. The number of benzene rings is 1. The first-order valence-corrected chi connectivity index (χ1v) is 12.1. The fourth-order valence-corrected chi connectivity index (χ4v) is 5.14. The second kappa shape index (κ2) is 12.2. The highest BCUT2D eigenvalue weighted by atomic mass is 32.2. The number of nitrogens with one attached hydrogen (secondary N) is 1. The van der Waals surface area contributed by atoms with Crippen LogP contribution in [0.5, 0.6) is 0 Å². The molecular formula is C23H33N3O4S. The predicted octanol–water partition coefficient (Wildman–Crippen LogP) is 2.33. The Labute approximate surface area is 188 Å². The van der Waals surface area contributed by atoms with Crippen molar-refractivity contribution in [3.8, 4) is 0 Å². The molecule has 0 saturated carbocycles. The second-order valence-electron chi connectivity index (χ2n) is 7.99. The summed E-state index contributed by atoms with van der Waals surface area (Å²) < 4.78 is 5.39. The van der Waals surface area contributed by atoms with Crippen LogP contribution in [-0.2, 0) is 20.9 Å². The van der Waals surface area contributed by atoms with Crippen LogP contribution in [0.3, 0.4) is 0 Å². The van der Waals surface area contributed by atoms with Crippen molar-refractivity contribution >= 4 is 29.9 Å². The number of ether oxygens (including phenoxy) is 1. The molecule has 0 aliphatic carbocycles. The van der Waals surface area contributed by atoms with E-state index in [1.54, 1.807) is 23.7 Å². The minimum absolute atomic E-state index is 0.114. The van der Waals surface area contributed by atoms with E-state index in [0.717, 1.165) is 61.8 Å². The van der Waals surface area contributed by atoms with Gasteiger partial charge in [0.25, 0.3) is 5.91 Å². The van der Waals surface area contributed by atoms with Crippen molar-refractivity contribution in [2.75, 3.05) is 45.6 Å². The van der Waals surface area contributed by atoms with Gasteiger partial charge in [0.2, 0.25) is 5.91 Å². The number of nitrogens with zero attached hydrogens (tertiary/aromatic N) is 2. The van der Waals surface area contributed by atoms with Gasteiger partial charge in [-0.25, -0.2) is 0 Å². The zero-order chi connectivity index (χ0) is 22.1. The molecule has 1 saturated heterocycles. The minimum Gasteiger partial charge on any atom is -0.379 e.